The van der Waals surface area contributed by atoms with Gasteiger partial charge in [-0.05, 0) is 31.5 Å². The Morgan fingerprint density at radius 2 is 1.94 bits per heavy atom. The van der Waals surface area contributed by atoms with E-state index in [0.717, 1.165) is 24.9 Å². The van der Waals surface area contributed by atoms with E-state index >= 15 is 0 Å². The number of para-hydroxylation sites is 1. The zero-order valence-electron chi connectivity index (χ0n) is 10.6. The fourth-order valence-corrected chi connectivity index (χ4v) is 1.72. The summed E-state index contributed by atoms with van der Waals surface area (Å²) in [5.41, 5.74) is 6.49. The zero-order valence-corrected chi connectivity index (χ0v) is 10.6. The summed E-state index contributed by atoms with van der Waals surface area (Å²) in [7, 11) is 0. The van der Waals surface area contributed by atoms with Crippen LogP contribution in [0.5, 0.6) is 0 Å². The van der Waals surface area contributed by atoms with Crippen LogP contribution in [0.3, 0.4) is 0 Å². The average Bonchev–Trinajstić information content (AvgIpc) is 2.38. The van der Waals surface area contributed by atoms with E-state index in [1.54, 1.807) is 0 Å². The quantitative estimate of drug-likeness (QED) is 0.788. The second-order valence-electron chi connectivity index (χ2n) is 4.13. The van der Waals surface area contributed by atoms with Crippen molar-refractivity contribution >= 4 is 11.6 Å². The molecule has 0 bridgehead atoms. The van der Waals surface area contributed by atoms with E-state index < -0.39 is 0 Å². The van der Waals surface area contributed by atoms with Crippen molar-refractivity contribution in [2.45, 2.75) is 32.6 Å². The number of carbonyl (C=O) groups excluding carboxylic acids is 1. The largest absolute Gasteiger partial charge is 0.330 e. The van der Waals surface area contributed by atoms with Crippen molar-refractivity contribution in [3.05, 3.63) is 30.3 Å². The number of amides is 1. The molecule has 1 aromatic carbocycles. The summed E-state index contributed by atoms with van der Waals surface area (Å²) in [6.07, 6.45) is 3.46. The smallest absolute Gasteiger partial charge is 0.226 e. The molecular formula is C14H22N2O. The van der Waals surface area contributed by atoms with E-state index in [4.69, 9.17) is 5.73 Å². The number of carbonyl (C=O) groups is 1. The summed E-state index contributed by atoms with van der Waals surface area (Å²) in [6.45, 7) is 3.42. The Morgan fingerprint density at radius 1 is 1.24 bits per heavy atom. The van der Waals surface area contributed by atoms with Crippen LogP contribution in [-0.4, -0.2) is 19.0 Å². The van der Waals surface area contributed by atoms with Gasteiger partial charge in [-0.15, -0.1) is 0 Å². The third-order valence-electron chi connectivity index (χ3n) is 2.70. The molecule has 17 heavy (non-hydrogen) atoms. The third kappa shape index (κ3) is 4.57. The lowest BCUT2D eigenvalue weighted by molar-refractivity contribution is -0.118. The van der Waals surface area contributed by atoms with Gasteiger partial charge in [0.2, 0.25) is 5.91 Å². The molecule has 0 atom stereocenters. The van der Waals surface area contributed by atoms with Gasteiger partial charge in [-0.25, -0.2) is 0 Å². The first kappa shape index (κ1) is 13.7. The molecule has 0 aliphatic heterocycles. The van der Waals surface area contributed by atoms with E-state index in [-0.39, 0.29) is 5.91 Å². The van der Waals surface area contributed by atoms with Crippen molar-refractivity contribution in [2.24, 2.45) is 5.73 Å². The highest BCUT2D eigenvalue weighted by molar-refractivity contribution is 5.93. The molecule has 0 saturated heterocycles. The predicted octanol–water partition coefficient (Wildman–Crippen LogP) is 2.56. The maximum atomic E-state index is 12.1. The summed E-state index contributed by atoms with van der Waals surface area (Å²) >= 11 is 0. The van der Waals surface area contributed by atoms with Crippen molar-refractivity contribution in [1.82, 2.24) is 0 Å². The summed E-state index contributed by atoms with van der Waals surface area (Å²) in [5, 5.41) is 0. The Bertz CT molecular complexity index is 324. The van der Waals surface area contributed by atoms with E-state index in [2.05, 4.69) is 6.92 Å². The van der Waals surface area contributed by atoms with Crippen LogP contribution < -0.4 is 10.6 Å². The van der Waals surface area contributed by atoms with Gasteiger partial charge in [0.25, 0.3) is 0 Å². The number of anilines is 1. The lowest BCUT2D eigenvalue weighted by Crippen LogP contribution is -2.32. The molecule has 3 heteroatoms. The SMILES string of the molecule is CCCCC(=O)N(CCCN)c1ccccc1. The Kier molecular flexibility index (Phi) is 6.33. The van der Waals surface area contributed by atoms with Gasteiger partial charge in [-0.1, -0.05) is 31.5 Å². The molecule has 0 aliphatic rings. The minimum atomic E-state index is 0.200. The van der Waals surface area contributed by atoms with Crippen LogP contribution >= 0.6 is 0 Å². The molecule has 94 valence electrons. The van der Waals surface area contributed by atoms with Crippen LogP contribution in [0.1, 0.15) is 32.6 Å². The first-order valence-corrected chi connectivity index (χ1v) is 6.35. The maximum Gasteiger partial charge on any atom is 0.226 e. The van der Waals surface area contributed by atoms with Gasteiger partial charge in [0, 0.05) is 18.7 Å². The van der Waals surface area contributed by atoms with Gasteiger partial charge in [0.1, 0.15) is 0 Å². The van der Waals surface area contributed by atoms with Gasteiger partial charge in [0.05, 0.1) is 0 Å². The van der Waals surface area contributed by atoms with E-state index in [1.165, 1.54) is 0 Å². The van der Waals surface area contributed by atoms with Gasteiger partial charge in [-0.2, -0.15) is 0 Å². The second-order valence-corrected chi connectivity index (χ2v) is 4.13. The predicted molar refractivity (Wildman–Crippen MR) is 72.0 cm³/mol. The molecule has 0 heterocycles. The molecule has 0 aromatic heterocycles. The summed E-state index contributed by atoms with van der Waals surface area (Å²) in [5.74, 6) is 0.200. The van der Waals surface area contributed by atoms with Crippen LogP contribution in [0.15, 0.2) is 30.3 Å². The van der Waals surface area contributed by atoms with Crippen molar-refractivity contribution in [3.63, 3.8) is 0 Å². The number of hydrogen-bond donors (Lipinski definition) is 1. The monoisotopic (exact) mass is 234 g/mol. The number of benzene rings is 1. The molecule has 0 aliphatic carbocycles. The lowest BCUT2D eigenvalue weighted by atomic mass is 10.2. The zero-order chi connectivity index (χ0) is 12.5. The first-order valence-electron chi connectivity index (χ1n) is 6.35. The Balaban J connectivity index is 2.69. The standard InChI is InChI=1S/C14H22N2O/c1-2-3-10-14(17)16(12-7-11-15)13-8-5-4-6-9-13/h4-6,8-9H,2-3,7,10-12,15H2,1H3. The van der Waals surface area contributed by atoms with Crippen LogP contribution in [0.25, 0.3) is 0 Å². The minimum Gasteiger partial charge on any atom is -0.330 e. The van der Waals surface area contributed by atoms with Gasteiger partial charge in [-0.3, -0.25) is 4.79 Å². The van der Waals surface area contributed by atoms with Gasteiger partial charge in [0.15, 0.2) is 0 Å². The average molecular weight is 234 g/mol. The van der Waals surface area contributed by atoms with Crippen LogP contribution in [0.2, 0.25) is 0 Å². The first-order chi connectivity index (χ1) is 8.29. The molecule has 1 amide bonds. The second kappa shape index (κ2) is 7.85. The number of rotatable bonds is 7. The molecule has 0 unspecified atom stereocenters. The molecule has 1 rings (SSSR count). The van der Waals surface area contributed by atoms with E-state index in [0.29, 0.717) is 19.5 Å². The topological polar surface area (TPSA) is 46.3 Å². The van der Waals surface area contributed by atoms with Crippen molar-refractivity contribution < 1.29 is 4.79 Å². The lowest BCUT2D eigenvalue weighted by Gasteiger charge is -2.22. The fraction of sp³-hybridized carbons (Fsp3) is 0.500. The number of nitrogens with two attached hydrogens (primary N) is 1. The molecule has 1 aromatic rings. The maximum absolute atomic E-state index is 12.1. The number of unbranched alkanes of at least 4 members (excludes halogenated alkanes) is 1. The fourth-order valence-electron chi connectivity index (χ4n) is 1.72. The number of nitrogens with zero attached hydrogens (tertiary/aromatic N) is 1. The van der Waals surface area contributed by atoms with Crippen LogP contribution in [0.4, 0.5) is 5.69 Å². The number of hydrogen-bond acceptors (Lipinski definition) is 2. The van der Waals surface area contributed by atoms with Gasteiger partial charge < -0.3 is 10.6 Å². The van der Waals surface area contributed by atoms with Crippen molar-refractivity contribution in [1.29, 1.82) is 0 Å². The molecule has 2 N–H and O–H groups in total. The Hall–Kier alpha value is -1.35. The molecule has 0 fully saturated rings. The summed E-state index contributed by atoms with van der Waals surface area (Å²) in [6, 6.07) is 9.82. The summed E-state index contributed by atoms with van der Waals surface area (Å²) < 4.78 is 0. The van der Waals surface area contributed by atoms with Crippen molar-refractivity contribution in [3.8, 4) is 0 Å². The van der Waals surface area contributed by atoms with Crippen LogP contribution in [-0.2, 0) is 4.79 Å². The molecular weight excluding hydrogens is 212 g/mol. The highest BCUT2D eigenvalue weighted by Gasteiger charge is 2.13. The Morgan fingerprint density at radius 3 is 2.53 bits per heavy atom. The minimum absolute atomic E-state index is 0.200. The van der Waals surface area contributed by atoms with Gasteiger partial charge >= 0.3 is 0 Å². The summed E-state index contributed by atoms with van der Waals surface area (Å²) in [4.78, 5) is 13.9. The molecule has 0 radical (unpaired) electrons. The molecule has 0 spiro atoms. The molecule has 0 saturated carbocycles. The van der Waals surface area contributed by atoms with Crippen LogP contribution in [0, 0.1) is 0 Å². The normalized spacial score (nSPS) is 10.2. The Labute approximate surface area is 104 Å². The highest BCUT2D eigenvalue weighted by Crippen LogP contribution is 2.15. The van der Waals surface area contributed by atoms with E-state index in [9.17, 15) is 4.79 Å². The van der Waals surface area contributed by atoms with Crippen molar-refractivity contribution in [2.75, 3.05) is 18.0 Å². The van der Waals surface area contributed by atoms with E-state index in [1.807, 2.05) is 35.2 Å². The third-order valence-corrected chi connectivity index (χ3v) is 2.70. The molecule has 3 nitrogen and oxygen atoms in total. The highest BCUT2D eigenvalue weighted by atomic mass is 16.2.